The molecule has 146 valence electrons. The van der Waals surface area contributed by atoms with Crippen molar-refractivity contribution < 1.29 is 14.2 Å². The zero-order valence-corrected chi connectivity index (χ0v) is 16.2. The molecular formula is C22H29FN2O2. The van der Waals surface area contributed by atoms with Crippen LogP contribution in [0, 0.1) is 12.7 Å². The first-order valence-corrected chi connectivity index (χ1v) is 9.54. The Balaban J connectivity index is 1.63. The molecule has 1 atom stereocenters. The SMILES string of the molecule is COc1ccc(CN2CCN(Cc3ccc(F)cc3)C[C@H]2CCO)cc1C. The third kappa shape index (κ3) is 5.28. The zero-order chi connectivity index (χ0) is 19.2. The molecule has 1 heterocycles. The second-order valence-electron chi connectivity index (χ2n) is 7.30. The minimum absolute atomic E-state index is 0.188. The van der Waals surface area contributed by atoms with Crippen LogP contribution >= 0.6 is 0 Å². The Labute approximate surface area is 161 Å². The van der Waals surface area contributed by atoms with E-state index in [2.05, 4.69) is 28.9 Å². The molecule has 0 spiro atoms. The molecule has 1 saturated heterocycles. The van der Waals surface area contributed by atoms with Crippen LogP contribution in [0.1, 0.15) is 23.1 Å². The van der Waals surface area contributed by atoms with Crippen molar-refractivity contribution in [3.63, 3.8) is 0 Å². The number of methoxy groups -OCH3 is 1. The van der Waals surface area contributed by atoms with Crippen LogP contribution in [0.2, 0.25) is 0 Å². The smallest absolute Gasteiger partial charge is 0.123 e. The summed E-state index contributed by atoms with van der Waals surface area (Å²) in [6.45, 7) is 6.78. The Morgan fingerprint density at radius 2 is 1.81 bits per heavy atom. The molecule has 0 unspecified atom stereocenters. The summed E-state index contributed by atoms with van der Waals surface area (Å²) in [5.74, 6) is 0.714. The van der Waals surface area contributed by atoms with Gasteiger partial charge in [-0.05, 0) is 48.2 Å². The second-order valence-corrected chi connectivity index (χ2v) is 7.30. The van der Waals surface area contributed by atoms with Gasteiger partial charge in [-0.25, -0.2) is 4.39 Å². The number of rotatable bonds is 7. The summed E-state index contributed by atoms with van der Waals surface area (Å²) in [6, 6.07) is 13.4. The average Bonchev–Trinajstić information content (AvgIpc) is 2.66. The molecule has 0 aliphatic carbocycles. The first-order chi connectivity index (χ1) is 13.1. The topological polar surface area (TPSA) is 35.9 Å². The highest BCUT2D eigenvalue weighted by Gasteiger charge is 2.26. The van der Waals surface area contributed by atoms with Crippen molar-refractivity contribution in [1.82, 2.24) is 9.80 Å². The van der Waals surface area contributed by atoms with E-state index in [1.165, 1.54) is 17.7 Å². The second kappa shape index (κ2) is 9.31. The molecule has 1 aliphatic heterocycles. The molecule has 0 saturated carbocycles. The molecule has 2 aromatic carbocycles. The van der Waals surface area contributed by atoms with Gasteiger partial charge < -0.3 is 9.84 Å². The van der Waals surface area contributed by atoms with Gasteiger partial charge in [0.2, 0.25) is 0 Å². The Hall–Kier alpha value is -1.95. The fraction of sp³-hybridized carbons (Fsp3) is 0.455. The summed E-state index contributed by atoms with van der Waals surface area (Å²) in [6.07, 6.45) is 0.759. The highest BCUT2D eigenvalue weighted by Crippen LogP contribution is 2.22. The van der Waals surface area contributed by atoms with E-state index in [-0.39, 0.29) is 12.4 Å². The number of aryl methyl sites for hydroxylation is 1. The largest absolute Gasteiger partial charge is 0.496 e. The molecule has 1 fully saturated rings. The van der Waals surface area contributed by atoms with Crippen molar-refractivity contribution in [3.05, 3.63) is 65.0 Å². The number of hydrogen-bond donors (Lipinski definition) is 1. The van der Waals surface area contributed by atoms with Crippen LogP contribution in [0.5, 0.6) is 5.75 Å². The van der Waals surface area contributed by atoms with Gasteiger partial charge in [0.1, 0.15) is 11.6 Å². The lowest BCUT2D eigenvalue weighted by molar-refractivity contribution is 0.0499. The van der Waals surface area contributed by atoms with E-state index in [4.69, 9.17) is 4.74 Å². The Bertz CT molecular complexity index is 736. The standard InChI is InChI=1S/C22H29FN2O2/c1-17-13-19(5-8-22(17)27-2)15-25-11-10-24(16-21(25)9-12-26)14-18-3-6-20(23)7-4-18/h3-8,13,21,26H,9-12,14-16H2,1-2H3/t21-/m1/s1. The molecule has 0 amide bonds. The molecule has 5 heteroatoms. The van der Waals surface area contributed by atoms with Gasteiger partial charge in [0.15, 0.2) is 0 Å². The normalized spacial score (nSPS) is 18.6. The first kappa shape index (κ1) is 19.8. The maximum absolute atomic E-state index is 13.1. The van der Waals surface area contributed by atoms with Crippen LogP contribution in [0.15, 0.2) is 42.5 Å². The fourth-order valence-electron chi connectivity index (χ4n) is 3.85. The van der Waals surface area contributed by atoms with Crippen LogP contribution in [0.4, 0.5) is 4.39 Å². The lowest BCUT2D eigenvalue weighted by atomic mass is 10.0. The lowest BCUT2D eigenvalue weighted by Gasteiger charge is -2.41. The molecule has 3 rings (SSSR count). The highest BCUT2D eigenvalue weighted by atomic mass is 19.1. The Kier molecular flexibility index (Phi) is 6.83. The summed E-state index contributed by atoms with van der Waals surface area (Å²) in [7, 11) is 1.69. The van der Waals surface area contributed by atoms with E-state index in [1.54, 1.807) is 7.11 Å². The van der Waals surface area contributed by atoms with E-state index >= 15 is 0 Å². The molecule has 0 radical (unpaired) electrons. The van der Waals surface area contributed by atoms with Crippen molar-refractivity contribution >= 4 is 0 Å². The number of hydrogen-bond acceptors (Lipinski definition) is 4. The van der Waals surface area contributed by atoms with Gasteiger partial charge in [-0.15, -0.1) is 0 Å². The highest BCUT2D eigenvalue weighted by molar-refractivity contribution is 5.36. The molecule has 27 heavy (non-hydrogen) atoms. The van der Waals surface area contributed by atoms with Crippen LogP contribution in [-0.2, 0) is 13.1 Å². The van der Waals surface area contributed by atoms with Gasteiger partial charge in [0, 0.05) is 45.4 Å². The van der Waals surface area contributed by atoms with Gasteiger partial charge in [-0.2, -0.15) is 0 Å². The average molecular weight is 372 g/mol. The van der Waals surface area contributed by atoms with Gasteiger partial charge in [-0.3, -0.25) is 9.80 Å². The summed E-state index contributed by atoms with van der Waals surface area (Å²) < 4.78 is 18.5. The maximum Gasteiger partial charge on any atom is 0.123 e. The summed E-state index contributed by atoms with van der Waals surface area (Å²) in [4.78, 5) is 4.85. The van der Waals surface area contributed by atoms with E-state index < -0.39 is 0 Å². The predicted octanol–water partition coefficient (Wildman–Crippen LogP) is 3.21. The van der Waals surface area contributed by atoms with Crippen molar-refractivity contribution in [2.75, 3.05) is 33.4 Å². The van der Waals surface area contributed by atoms with E-state index in [9.17, 15) is 9.50 Å². The first-order valence-electron chi connectivity index (χ1n) is 9.54. The van der Waals surface area contributed by atoms with E-state index in [0.29, 0.717) is 6.04 Å². The van der Waals surface area contributed by atoms with Crippen molar-refractivity contribution in [2.24, 2.45) is 0 Å². The summed E-state index contributed by atoms with van der Waals surface area (Å²) in [5, 5.41) is 9.52. The molecule has 4 nitrogen and oxygen atoms in total. The zero-order valence-electron chi connectivity index (χ0n) is 16.2. The monoisotopic (exact) mass is 372 g/mol. The number of aliphatic hydroxyl groups excluding tert-OH is 1. The Morgan fingerprint density at radius 1 is 1.07 bits per heavy atom. The van der Waals surface area contributed by atoms with Gasteiger partial charge in [-0.1, -0.05) is 24.3 Å². The minimum Gasteiger partial charge on any atom is -0.496 e. The summed E-state index contributed by atoms with van der Waals surface area (Å²) >= 11 is 0. The fourth-order valence-corrected chi connectivity index (χ4v) is 3.85. The van der Waals surface area contributed by atoms with Crippen LogP contribution in [0.25, 0.3) is 0 Å². The van der Waals surface area contributed by atoms with Gasteiger partial charge >= 0.3 is 0 Å². The number of piperazine rings is 1. The molecule has 1 N–H and O–H groups in total. The number of ether oxygens (including phenoxy) is 1. The maximum atomic E-state index is 13.1. The predicted molar refractivity (Wildman–Crippen MR) is 105 cm³/mol. The lowest BCUT2D eigenvalue weighted by Crippen LogP contribution is -2.52. The number of nitrogens with zero attached hydrogens (tertiary/aromatic N) is 2. The molecule has 0 aromatic heterocycles. The Morgan fingerprint density at radius 3 is 2.48 bits per heavy atom. The number of benzene rings is 2. The quantitative estimate of drug-likeness (QED) is 0.810. The van der Waals surface area contributed by atoms with Crippen molar-refractivity contribution in [2.45, 2.75) is 32.5 Å². The molecule has 1 aliphatic rings. The van der Waals surface area contributed by atoms with Crippen LogP contribution in [-0.4, -0.2) is 54.3 Å². The van der Waals surface area contributed by atoms with Gasteiger partial charge in [0.25, 0.3) is 0 Å². The van der Waals surface area contributed by atoms with Crippen LogP contribution in [0.3, 0.4) is 0 Å². The molecule has 2 aromatic rings. The van der Waals surface area contributed by atoms with E-state index in [1.807, 2.05) is 18.2 Å². The molecule has 0 bridgehead atoms. The van der Waals surface area contributed by atoms with E-state index in [0.717, 1.165) is 56.0 Å². The number of halogens is 1. The van der Waals surface area contributed by atoms with Crippen molar-refractivity contribution in [1.29, 1.82) is 0 Å². The van der Waals surface area contributed by atoms with Crippen molar-refractivity contribution in [3.8, 4) is 5.75 Å². The van der Waals surface area contributed by atoms with Gasteiger partial charge in [0.05, 0.1) is 7.11 Å². The third-order valence-corrected chi connectivity index (χ3v) is 5.32. The summed E-state index contributed by atoms with van der Waals surface area (Å²) in [5.41, 5.74) is 3.53. The third-order valence-electron chi connectivity index (χ3n) is 5.32. The number of aliphatic hydroxyl groups is 1. The molecular weight excluding hydrogens is 343 g/mol. The van der Waals surface area contributed by atoms with Crippen LogP contribution < -0.4 is 4.74 Å². The minimum atomic E-state index is -0.198.